The lowest BCUT2D eigenvalue weighted by atomic mass is 10.1. The summed E-state index contributed by atoms with van der Waals surface area (Å²) in [5.41, 5.74) is 0.113. The molecule has 0 saturated carbocycles. The zero-order chi connectivity index (χ0) is 25.0. The molecule has 1 aromatic heterocycles. The monoisotopic (exact) mass is 488 g/mol. The van der Waals surface area contributed by atoms with Crippen LogP contribution in [0.4, 0.5) is 13.9 Å². The zero-order valence-electron chi connectivity index (χ0n) is 18.8. The van der Waals surface area contributed by atoms with Crippen LogP contribution in [0.5, 0.6) is 11.5 Å². The average molecular weight is 489 g/mol. The predicted octanol–water partition coefficient (Wildman–Crippen LogP) is 5.62. The number of anilines is 1. The SMILES string of the molecule is COc1c(OC(C)C)cccc1-c1csc(NC(=O)c2cc(F)c(C=C(C)C(=O)O)c(F)c2)n1. The second-order valence-electron chi connectivity index (χ2n) is 7.48. The average Bonchev–Trinajstić information content (AvgIpc) is 3.23. The smallest absolute Gasteiger partial charge is 0.331 e. The van der Waals surface area contributed by atoms with Gasteiger partial charge in [0, 0.05) is 27.6 Å². The number of halogens is 2. The molecule has 0 aliphatic heterocycles. The molecule has 0 atom stereocenters. The van der Waals surface area contributed by atoms with Crippen LogP contribution in [0.2, 0.25) is 0 Å². The maximum atomic E-state index is 14.4. The van der Waals surface area contributed by atoms with Gasteiger partial charge < -0.3 is 14.6 Å². The molecule has 0 unspecified atom stereocenters. The van der Waals surface area contributed by atoms with Crippen molar-refractivity contribution >= 4 is 34.4 Å². The second kappa shape index (κ2) is 10.4. The van der Waals surface area contributed by atoms with Crippen molar-refractivity contribution in [1.29, 1.82) is 0 Å². The topological polar surface area (TPSA) is 97.8 Å². The summed E-state index contributed by atoms with van der Waals surface area (Å²) in [6, 6.07) is 7.04. The number of carbonyl (C=O) groups excluding carboxylic acids is 1. The van der Waals surface area contributed by atoms with Gasteiger partial charge in [-0.2, -0.15) is 0 Å². The molecule has 7 nitrogen and oxygen atoms in total. The maximum absolute atomic E-state index is 14.4. The van der Waals surface area contributed by atoms with Crippen LogP contribution in [-0.2, 0) is 4.79 Å². The molecular formula is C24H22F2N2O5S. The third-order valence-electron chi connectivity index (χ3n) is 4.59. The van der Waals surface area contributed by atoms with E-state index in [0.29, 0.717) is 22.8 Å². The number of hydrogen-bond donors (Lipinski definition) is 2. The van der Waals surface area contributed by atoms with E-state index >= 15 is 0 Å². The summed E-state index contributed by atoms with van der Waals surface area (Å²) in [6.07, 6.45) is 0.803. The minimum absolute atomic E-state index is 0.0647. The molecule has 0 aliphatic carbocycles. The highest BCUT2D eigenvalue weighted by molar-refractivity contribution is 7.14. The summed E-state index contributed by atoms with van der Waals surface area (Å²) in [5.74, 6) is -3.16. The van der Waals surface area contributed by atoms with Crippen LogP contribution in [0.25, 0.3) is 17.3 Å². The van der Waals surface area contributed by atoms with Crippen LogP contribution < -0.4 is 14.8 Å². The molecular weight excluding hydrogens is 466 g/mol. The summed E-state index contributed by atoms with van der Waals surface area (Å²) in [6.45, 7) is 5.00. The first-order valence-electron chi connectivity index (χ1n) is 10.1. The van der Waals surface area contributed by atoms with Gasteiger partial charge in [0.05, 0.1) is 18.9 Å². The van der Waals surface area contributed by atoms with Crippen molar-refractivity contribution in [2.45, 2.75) is 26.9 Å². The van der Waals surface area contributed by atoms with Crippen molar-refractivity contribution < 1.29 is 33.0 Å². The van der Waals surface area contributed by atoms with Crippen molar-refractivity contribution in [3.63, 3.8) is 0 Å². The fourth-order valence-electron chi connectivity index (χ4n) is 3.03. The standard InChI is InChI=1S/C24H22F2N2O5S/c1-12(2)33-20-7-5-6-15(21(20)32-4)19-11-34-24(27-19)28-22(29)14-9-17(25)16(18(26)10-14)8-13(3)23(30)31/h5-12H,1-4H3,(H,30,31)(H,27,28,29). The Morgan fingerprint density at radius 3 is 2.47 bits per heavy atom. The van der Waals surface area contributed by atoms with E-state index in [0.717, 1.165) is 29.5 Å². The molecule has 0 saturated heterocycles. The number of aromatic nitrogens is 1. The van der Waals surface area contributed by atoms with Crippen LogP contribution in [0, 0.1) is 11.6 Å². The fraction of sp³-hybridized carbons (Fsp3) is 0.208. The number of amides is 1. The number of thiazole rings is 1. The van der Waals surface area contributed by atoms with E-state index in [2.05, 4.69) is 10.3 Å². The van der Waals surface area contributed by atoms with Gasteiger partial charge in [0.25, 0.3) is 5.91 Å². The Labute approximate surface area is 198 Å². The largest absolute Gasteiger partial charge is 0.492 e. The van der Waals surface area contributed by atoms with E-state index in [9.17, 15) is 18.4 Å². The first kappa shape index (κ1) is 24.8. The molecule has 2 N–H and O–H groups in total. The van der Waals surface area contributed by atoms with Crippen LogP contribution in [-0.4, -0.2) is 35.2 Å². The van der Waals surface area contributed by atoms with Crippen molar-refractivity contribution in [1.82, 2.24) is 4.98 Å². The number of para-hydroxylation sites is 1. The molecule has 0 spiro atoms. The van der Waals surface area contributed by atoms with Gasteiger partial charge in [-0.15, -0.1) is 11.3 Å². The van der Waals surface area contributed by atoms with Crippen molar-refractivity contribution in [2.24, 2.45) is 0 Å². The molecule has 0 radical (unpaired) electrons. The molecule has 3 aromatic rings. The number of aliphatic carboxylic acids is 1. The molecule has 3 rings (SSSR count). The van der Waals surface area contributed by atoms with Crippen LogP contribution in [0.3, 0.4) is 0 Å². The summed E-state index contributed by atoms with van der Waals surface area (Å²) in [7, 11) is 1.51. The molecule has 178 valence electrons. The van der Waals surface area contributed by atoms with Gasteiger partial charge in [0.1, 0.15) is 11.6 Å². The van der Waals surface area contributed by atoms with E-state index < -0.39 is 29.1 Å². The normalized spacial score (nSPS) is 11.4. The highest BCUT2D eigenvalue weighted by Gasteiger charge is 2.19. The zero-order valence-corrected chi connectivity index (χ0v) is 19.6. The summed E-state index contributed by atoms with van der Waals surface area (Å²) < 4.78 is 40.0. The number of nitrogens with one attached hydrogen (secondary N) is 1. The molecule has 0 aliphatic rings. The Morgan fingerprint density at radius 2 is 1.88 bits per heavy atom. The molecule has 10 heteroatoms. The number of carbonyl (C=O) groups is 2. The van der Waals surface area contributed by atoms with Crippen molar-refractivity contribution in [3.8, 4) is 22.8 Å². The number of carboxylic acid groups (broad SMARTS) is 1. The van der Waals surface area contributed by atoms with E-state index in [1.54, 1.807) is 23.6 Å². The Bertz CT molecular complexity index is 1250. The van der Waals surface area contributed by atoms with Crippen LogP contribution in [0.1, 0.15) is 36.7 Å². The summed E-state index contributed by atoms with van der Waals surface area (Å²) >= 11 is 1.13. The minimum atomic E-state index is -1.31. The Kier molecular flexibility index (Phi) is 7.62. The molecule has 34 heavy (non-hydrogen) atoms. The van der Waals surface area contributed by atoms with Gasteiger partial charge in [-0.05, 0) is 51.1 Å². The quantitative estimate of drug-likeness (QED) is 0.399. The lowest BCUT2D eigenvalue weighted by Gasteiger charge is -2.15. The van der Waals surface area contributed by atoms with E-state index in [-0.39, 0.29) is 22.4 Å². The Morgan fingerprint density at radius 1 is 1.21 bits per heavy atom. The predicted molar refractivity (Wildman–Crippen MR) is 125 cm³/mol. The van der Waals surface area contributed by atoms with Crippen LogP contribution in [0.15, 0.2) is 41.3 Å². The number of carboxylic acids is 1. The Hall–Kier alpha value is -3.79. The van der Waals surface area contributed by atoms with E-state index in [1.165, 1.54) is 14.0 Å². The number of nitrogens with zero attached hydrogens (tertiary/aromatic N) is 1. The Balaban J connectivity index is 1.84. The third kappa shape index (κ3) is 5.57. The van der Waals surface area contributed by atoms with Gasteiger partial charge in [-0.1, -0.05) is 6.07 Å². The van der Waals surface area contributed by atoms with E-state index in [1.807, 2.05) is 13.8 Å². The van der Waals surface area contributed by atoms with Gasteiger partial charge in [-0.25, -0.2) is 18.6 Å². The number of hydrogen-bond acceptors (Lipinski definition) is 6. The minimum Gasteiger partial charge on any atom is -0.492 e. The van der Waals surface area contributed by atoms with Crippen molar-refractivity contribution in [3.05, 3.63) is 64.0 Å². The summed E-state index contributed by atoms with van der Waals surface area (Å²) in [4.78, 5) is 27.9. The fourth-order valence-corrected chi connectivity index (χ4v) is 3.74. The first-order valence-corrected chi connectivity index (χ1v) is 11.0. The van der Waals surface area contributed by atoms with E-state index in [4.69, 9.17) is 14.6 Å². The molecule has 0 fully saturated rings. The third-order valence-corrected chi connectivity index (χ3v) is 5.34. The lowest BCUT2D eigenvalue weighted by molar-refractivity contribution is -0.132. The van der Waals surface area contributed by atoms with Gasteiger partial charge >= 0.3 is 5.97 Å². The van der Waals surface area contributed by atoms with Gasteiger partial charge in [0.2, 0.25) is 0 Å². The molecule has 0 bridgehead atoms. The second-order valence-corrected chi connectivity index (χ2v) is 8.34. The molecule has 1 amide bonds. The van der Waals surface area contributed by atoms with Gasteiger partial charge in [-0.3, -0.25) is 10.1 Å². The number of ether oxygens (including phenoxy) is 2. The number of rotatable bonds is 8. The maximum Gasteiger partial charge on any atom is 0.331 e. The van der Waals surface area contributed by atoms with Gasteiger partial charge in [0.15, 0.2) is 16.6 Å². The highest BCUT2D eigenvalue weighted by Crippen LogP contribution is 2.39. The first-order chi connectivity index (χ1) is 16.1. The lowest BCUT2D eigenvalue weighted by Crippen LogP contribution is -2.13. The van der Waals surface area contributed by atoms with Crippen molar-refractivity contribution in [2.75, 3.05) is 12.4 Å². The number of benzene rings is 2. The number of methoxy groups -OCH3 is 1. The molecule has 2 aromatic carbocycles. The summed E-state index contributed by atoms with van der Waals surface area (Å²) in [5, 5.41) is 13.3. The molecule has 1 heterocycles. The highest BCUT2D eigenvalue weighted by atomic mass is 32.1. The van der Waals surface area contributed by atoms with Crippen LogP contribution >= 0.6 is 11.3 Å².